The number of aliphatic hydroxyl groups excluding tert-OH is 1. The van der Waals surface area contributed by atoms with Gasteiger partial charge in [-0.15, -0.1) is 0 Å². The molecule has 15 heavy (non-hydrogen) atoms. The van der Waals surface area contributed by atoms with Crippen molar-refractivity contribution in [3.05, 3.63) is 23.8 Å². The number of anilines is 2. The zero-order valence-electron chi connectivity index (χ0n) is 8.70. The van der Waals surface area contributed by atoms with Gasteiger partial charge in [-0.3, -0.25) is 0 Å². The predicted octanol–water partition coefficient (Wildman–Crippen LogP) is 1.32. The molecular weight excluding hydrogens is 190 g/mol. The molecule has 0 aliphatic carbocycles. The molecule has 0 amide bonds. The molecule has 0 saturated heterocycles. The van der Waals surface area contributed by atoms with E-state index in [0.717, 1.165) is 5.69 Å². The van der Waals surface area contributed by atoms with Gasteiger partial charge in [0.2, 0.25) is 0 Å². The molecule has 0 bridgehead atoms. The van der Waals surface area contributed by atoms with Crippen molar-refractivity contribution < 1.29 is 5.11 Å². The Morgan fingerprint density at radius 3 is 2.93 bits per heavy atom. The smallest absolute Gasteiger partial charge is 0.101 e. The van der Waals surface area contributed by atoms with E-state index in [1.807, 2.05) is 6.92 Å². The third kappa shape index (κ3) is 3.15. The number of nitrogens with two attached hydrogens (primary N) is 1. The van der Waals surface area contributed by atoms with Crippen molar-refractivity contribution in [2.75, 3.05) is 17.7 Å². The van der Waals surface area contributed by atoms with Crippen LogP contribution >= 0.6 is 0 Å². The molecule has 1 unspecified atom stereocenters. The second kappa shape index (κ2) is 5.23. The Bertz CT molecular complexity index is 371. The van der Waals surface area contributed by atoms with Crippen molar-refractivity contribution >= 4 is 11.4 Å². The minimum absolute atomic E-state index is 0.130. The van der Waals surface area contributed by atoms with Crippen molar-refractivity contribution in [2.24, 2.45) is 0 Å². The molecule has 0 heterocycles. The van der Waals surface area contributed by atoms with E-state index in [1.165, 1.54) is 0 Å². The maximum absolute atomic E-state index is 8.89. The summed E-state index contributed by atoms with van der Waals surface area (Å²) in [5, 5.41) is 20.8. The molecule has 0 radical (unpaired) electrons. The van der Waals surface area contributed by atoms with Gasteiger partial charge < -0.3 is 16.2 Å². The molecule has 0 aliphatic rings. The fraction of sp³-hybridized carbons (Fsp3) is 0.364. The average Bonchev–Trinajstić information content (AvgIpc) is 2.21. The van der Waals surface area contributed by atoms with Gasteiger partial charge in [-0.05, 0) is 31.5 Å². The molecule has 0 fully saturated rings. The van der Waals surface area contributed by atoms with Gasteiger partial charge in [-0.25, -0.2) is 0 Å². The lowest BCUT2D eigenvalue weighted by Gasteiger charge is -2.15. The first-order valence-electron chi connectivity index (χ1n) is 4.84. The Kier molecular flexibility index (Phi) is 3.95. The van der Waals surface area contributed by atoms with Crippen LogP contribution in [-0.2, 0) is 0 Å². The summed E-state index contributed by atoms with van der Waals surface area (Å²) >= 11 is 0. The van der Waals surface area contributed by atoms with Crippen molar-refractivity contribution in [1.29, 1.82) is 5.26 Å². The van der Waals surface area contributed by atoms with Gasteiger partial charge in [-0.1, -0.05) is 0 Å². The van der Waals surface area contributed by atoms with E-state index < -0.39 is 0 Å². The minimum atomic E-state index is 0.130. The summed E-state index contributed by atoms with van der Waals surface area (Å²) in [6.07, 6.45) is 0.648. The molecule has 1 aromatic rings. The lowest BCUT2D eigenvalue weighted by Crippen LogP contribution is -2.17. The Morgan fingerprint density at radius 1 is 1.60 bits per heavy atom. The van der Waals surface area contributed by atoms with Crippen LogP contribution in [0.3, 0.4) is 0 Å². The monoisotopic (exact) mass is 205 g/mol. The van der Waals surface area contributed by atoms with E-state index in [4.69, 9.17) is 16.1 Å². The van der Waals surface area contributed by atoms with Crippen LogP contribution in [0, 0.1) is 11.3 Å². The number of rotatable bonds is 4. The molecule has 4 heteroatoms. The van der Waals surface area contributed by atoms with E-state index in [-0.39, 0.29) is 12.6 Å². The normalized spacial score (nSPS) is 11.8. The Hall–Kier alpha value is -1.73. The molecule has 0 aliphatic heterocycles. The van der Waals surface area contributed by atoms with Gasteiger partial charge in [0, 0.05) is 18.3 Å². The summed E-state index contributed by atoms with van der Waals surface area (Å²) in [4.78, 5) is 0. The summed E-state index contributed by atoms with van der Waals surface area (Å²) < 4.78 is 0. The molecule has 0 spiro atoms. The number of hydrogen-bond donors (Lipinski definition) is 3. The van der Waals surface area contributed by atoms with E-state index >= 15 is 0 Å². The fourth-order valence-electron chi connectivity index (χ4n) is 1.31. The Labute approximate surface area is 89.3 Å². The van der Waals surface area contributed by atoms with Crippen molar-refractivity contribution in [3.8, 4) is 6.07 Å². The zero-order valence-corrected chi connectivity index (χ0v) is 8.70. The number of nitriles is 1. The second-order valence-corrected chi connectivity index (χ2v) is 3.47. The number of nitrogen functional groups attached to an aromatic ring is 1. The first-order chi connectivity index (χ1) is 7.17. The third-order valence-corrected chi connectivity index (χ3v) is 2.13. The largest absolute Gasteiger partial charge is 0.399 e. The van der Waals surface area contributed by atoms with Crippen molar-refractivity contribution in [2.45, 2.75) is 19.4 Å². The number of nitrogens with zero attached hydrogens (tertiary/aromatic N) is 1. The van der Waals surface area contributed by atoms with Crippen LogP contribution in [0.5, 0.6) is 0 Å². The van der Waals surface area contributed by atoms with Crippen LogP contribution in [0.15, 0.2) is 18.2 Å². The van der Waals surface area contributed by atoms with E-state index in [1.54, 1.807) is 18.2 Å². The molecule has 80 valence electrons. The minimum Gasteiger partial charge on any atom is -0.399 e. The molecule has 4 N–H and O–H groups in total. The highest BCUT2D eigenvalue weighted by Crippen LogP contribution is 2.19. The highest BCUT2D eigenvalue weighted by atomic mass is 16.3. The summed E-state index contributed by atoms with van der Waals surface area (Å²) in [7, 11) is 0. The molecular formula is C11H15N3O. The standard InChI is InChI=1S/C11H15N3O/c1-8(4-5-15)14-11-3-2-10(13)6-9(11)7-12/h2-3,6,8,14-15H,4-5,13H2,1H3. The quantitative estimate of drug-likeness (QED) is 0.647. The molecule has 1 atom stereocenters. The van der Waals surface area contributed by atoms with Crippen LogP contribution in [0.1, 0.15) is 18.9 Å². The van der Waals surface area contributed by atoms with Crippen LogP contribution in [-0.4, -0.2) is 17.8 Å². The summed E-state index contributed by atoms with van der Waals surface area (Å²) in [6.45, 7) is 2.08. The highest BCUT2D eigenvalue weighted by molar-refractivity contribution is 5.63. The SMILES string of the molecule is CC(CCO)Nc1ccc(N)cc1C#N. The summed E-state index contributed by atoms with van der Waals surface area (Å²) in [5.41, 5.74) is 7.43. The first-order valence-corrected chi connectivity index (χ1v) is 4.84. The van der Waals surface area contributed by atoms with Crippen molar-refractivity contribution in [3.63, 3.8) is 0 Å². The van der Waals surface area contributed by atoms with Gasteiger partial charge in [-0.2, -0.15) is 5.26 Å². The average molecular weight is 205 g/mol. The topological polar surface area (TPSA) is 82.1 Å². The van der Waals surface area contributed by atoms with E-state index in [0.29, 0.717) is 17.7 Å². The molecule has 1 rings (SSSR count). The van der Waals surface area contributed by atoms with Gasteiger partial charge >= 0.3 is 0 Å². The van der Waals surface area contributed by atoms with Crippen molar-refractivity contribution in [1.82, 2.24) is 0 Å². The molecule has 0 aromatic heterocycles. The maximum Gasteiger partial charge on any atom is 0.101 e. The van der Waals surface area contributed by atoms with E-state index in [2.05, 4.69) is 11.4 Å². The van der Waals surface area contributed by atoms with Crippen LogP contribution in [0.2, 0.25) is 0 Å². The molecule has 4 nitrogen and oxygen atoms in total. The van der Waals surface area contributed by atoms with Gasteiger partial charge in [0.05, 0.1) is 11.3 Å². The first kappa shape index (κ1) is 11.3. The van der Waals surface area contributed by atoms with Gasteiger partial charge in [0.15, 0.2) is 0 Å². The zero-order chi connectivity index (χ0) is 11.3. The number of nitrogens with one attached hydrogen (secondary N) is 1. The fourth-order valence-corrected chi connectivity index (χ4v) is 1.31. The summed E-state index contributed by atoms with van der Waals surface area (Å²) in [6, 6.07) is 7.37. The van der Waals surface area contributed by atoms with E-state index in [9.17, 15) is 0 Å². The van der Waals surface area contributed by atoms with Gasteiger partial charge in [0.1, 0.15) is 6.07 Å². The summed E-state index contributed by atoms with van der Waals surface area (Å²) in [5.74, 6) is 0. The highest BCUT2D eigenvalue weighted by Gasteiger charge is 2.05. The Balaban J connectivity index is 2.81. The molecule has 1 aromatic carbocycles. The number of benzene rings is 1. The molecule has 0 saturated carbocycles. The maximum atomic E-state index is 8.89. The lowest BCUT2D eigenvalue weighted by atomic mass is 10.1. The lowest BCUT2D eigenvalue weighted by molar-refractivity contribution is 0.282. The number of aliphatic hydroxyl groups is 1. The van der Waals surface area contributed by atoms with Gasteiger partial charge in [0.25, 0.3) is 0 Å². The van der Waals surface area contributed by atoms with Crippen LogP contribution < -0.4 is 11.1 Å². The second-order valence-electron chi connectivity index (χ2n) is 3.47. The predicted molar refractivity (Wildman–Crippen MR) is 60.4 cm³/mol. The third-order valence-electron chi connectivity index (χ3n) is 2.13. The van der Waals surface area contributed by atoms with Crippen LogP contribution in [0.4, 0.5) is 11.4 Å². The van der Waals surface area contributed by atoms with Crippen LogP contribution in [0.25, 0.3) is 0 Å². The Morgan fingerprint density at radius 2 is 2.33 bits per heavy atom. The number of hydrogen-bond acceptors (Lipinski definition) is 4.